The standard InChI is InChI=1S/C30H37F3N6O3/c1-17(20-9-8-10-22(23(20)31)30(32,33)28(6,7)41)35-25-21-11-19(12-34-24(21)36-18(2)37-25)38-13-29(14-38)15-39(16-29)26(40)42-27(3,4)5/h8-12,17,41H,13-16H2,1-7H3,(H,34,35,36,37)/t17-/m1/s1. The molecule has 0 aliphatic carbocycles. The first kappa shape index (κ1) is 29.8. The van der Waals surface area contributed by atoms with Gasteiger partial charge in [0.05, 0.1) is 28.9 Å². The Kier molecular flexibility index (Phi) is 7.07. The zero-order valence-electron chi connectivity index (χ0n) is 24.9. The number of anilines is 2. The van der Waals surface area contributed by atoms with E-state index in [1.165, 1.54) is 12.1 Å². The van der Waals surface area contributed by atoms with E-state index in [4.69, 9.17) is 4.74 Å². The molecule has 2 aliphatic rings. The SMILES string of the molecule is Cc1nc(N[C@H](C)c2cccc(C(F)(F)C(C)(C)O)c2F)c2cc(N3CC4(CN(C(=O)OC(C)(C)C)C4)C3)cnc2n1. The van der Waals surface area contributed by atoms with Crippen LogP contribution in [0.4, 0.5) is 29.5 Å². The molecule has 0 radical (unpaired) electrons. The minimum absolute atomic E-state index is 0.00848. The second-order valence-corrected chi connectivity index (χ2v) is 13.1. The largest absolute Gasteiger partial charge is 0.444 e. The predicted molar refractivity (Wildman–Crippen MR) is 153 cm³/mol. The van der Waals surface area contributed by atoms with Crippen molar-refractivity contribution in [3.05, 3.63) is 53.2 Å². The molecule has 2 aromatic heterocycles. The summed E-state index contributed by atoms with van der Waals surface area (Å²) in [5, 5.41) is 13.7. The van der Waals surface area contributed by atoms with E-state index in [9.17, 15) is 18.7 Å². The van der Waals surface area contributed by atoms with E-state index in [-0.39, 0.29) is 17.1 Å². The van der Waals surface area contributed by atoms with Crippen molar-refractivity contribution in [2.24, 2.45) is 5.41 Å². The van der Waals surface area contributed by atoms with E-state index in [1.807, 2.05) is 26.8 Å². The minimum Gasteiger partial charge on any atom is -0.444 e. The van der Waals surface area contributed by atoms with Gasteiger partial charge in [0, 0.05) is 37.2 Å². The normalized spacial score (nSPS) is 17.6. The lowest BCUT2D eigenvalue weighted by Crippen LogP contribution is -2.73. The molecule has 1 aromatic carbocycles. The monoisotopic (exact) mass is 586 g/mol. The van der Waals surface area contributed by atoms with E-state index in [0.29, 0.717) is 35.8 Å². The average molecular weight is 587 g/mol. The van der Waals surface area contributed by atoms with Gasteiger partial charge in [-0.25, -0.2) is 24.1 Å². The number of alkyl halides is 2. The number of halogens is 3. The number of aromatic nitrogens is 3. The van der Waals surface area contributed by atoms with Crippen LogP contribution in [-0.2, 0) is 10.7 Å². The number of hydrogen-bond acceptors (Lipinski definition) is 8. The number of carbonyl (C=O) groups is 1. The van der Waals surface area contributed by atoms with Crippen molar-refractivity contribution in [2.45, 2.75) is 71.6 Å². The molecule has 1 spiro atoms. The van der Waals surface area contributed by atoms with Crippen molar-refractivity contribution in [3.8, 4) is 0 Å². The van der Waals surface area contributed by atoms with Gasteiger partial charge in [-0.2, -0.15) is 8.78 Å². The highest BCUT2D eigenvalue weighted by Crippen LogP contribution is 2.44. The Balaban J connectivity index is 1.34. The number of ether oxygens (including phenoxy) is 1. The summed E-state index contributed by atoms with van der Waals surface area (Å²) in [6.45, 7) is 13.5. The number of amides is 1. The summed E-state index contributed by atoms with van der Waals surface area (Å²) in [5.41, 5.74) is -2.55. The van der Waals surface area contributed by atoms with Gasteiger partial charge < -0.3 is 25.0 Å². The molecule has 226 valence electrons. The number of benzene rings is 1. The molecule has 0 unspecified atom stereocenters. The van der Waals surface area contributed by atoms with Crippen molar-refractivity contribution in [2.75, 3.05) is 36.4 Å². The maximum Gasteiger partial charge on any atom is 0.410 e. The van der Waals surface area contributed by atoms with Gasteiger partial charge in [0.2, 0.25) is 0 Å². The number of nitrogens with one attached hydrogen (secondary N) is 1. The van der Waals surface area contributed by atoms with Gasteiger partial charge in [0.1, 0.15) is 28.7 Å². The van der Waals surface area contributed by atoms with Crippen LogP contribution in [0, 0.1) is 18.2 Å². The number of nitrogens with zero attached hydrogens (tertiary/aromatic N) is 5. The molecular weight excluding hydrogens is 549 g/mol. The zero-order valence-corrected chi connectivity index (χ0v) is 24.9. The number of aryl methyl sites for hydroxylation is 1. The Morgan fingerprint density at radius 1 is 1.12 bits per heavy atom. The Bertz CT molecular complexity index is 1520. The second kappa shape index (κ2) is 9.96. The third kappa shape index (κ3) is 5.44. The van der Waals surface area contributed by atoms with Gasteiger partial charge in [-0.05, 0) is 60.6 Å². The van der Waals surface area contributed by atoms with Crippen LogP contribution in [-0.4, -0.2) is 68.4 Å². The fourth-order valence-electron chi connectivity index (χ4n) is 5.50. The fourth-order valence-corrected chi connectivity index (χ4v) is 5.50. The number of fused-ring (bicyclic) bond motifs is 1. The highest BCUT2D eigenvalue weighted by molar-refractivity contribution is 5.89. The smallest absolute Gasteiger partial charge is 0.410 e. The molecule has 0 bridgehead atoms. The molecule has 2 N–H and O–H groups in total. The molecule has 3 aromatic rings. The lowest BCUT2D eigenvalue weighted by Gasteiger charge is -2.60. The molecule has 0 saturated carbocycles. The van der Waals surface area contributed by atoms with Gasteiger partial charge in [0.25, 0.3) is 0 Å². The summed E-state index contributed by atoms with van der Waals surface area (Å²) in [4.78, 5) is 29.7. The van der Waals surface area contributed by atoms with Gasteiger partial charge in [-0.15, -0.1) is 0 Å². The molecule has 42 heavy (non-hydrogen) atoms. The molecule has 1 atom stereocenters. The summed E-state index contributed by atoms with van der Waals surface area (Å²) >= 11 is 0. The fraction of sp³-hybridized carbons (Fsp3) is 0.533. The Labute approximate surface area is 243 Å². The Hall–Kier alpha value is -3.67. The number of pyridine rings is 1. The van der Waals surface area contributed by atoms with Crippen molar-refractivity contribution < 1.29 is 27.8 Å². The highest BCUT2D eigenvalue weighted by Gasteiger charge is 2.54. The maximum atomic E-state index is 15.4. The van der Waals surface area contributed by atoms with Gasteiger partial charge in [-0.3, -0.25) is 0 Å². The summed E-state index contributed by atoms with van der Waals surface area (Å²) in [6.07, 6.45) is 1.43. The topological polar surface area (TPSA) is 104 Å². The first-order valence-corrected chi connectivity index (χ1v) is 13.9. The van der Waals surface area contributed by atoms with E-state index < -0.39 is 34.5 Å². The average Bonchev–Trinajstić information content (AvgIpc) is 2.80. The number of carbonyl (C=O) groups excluding carboxylic acids is 1. The van der Waals surface area contributed by atoms with Crippen LogP contribution in [0.15, 0.2) is 30.5 Å². The highest BCUT2D eigenvalue weighted by atomic mass is 19.3. The Morgan fingerprint density at radius 2 is 1.79 bits per heavy atom. The van der Waals surface area contributed by atoms with Crippen molar-refractivity contribution in [3.63, 3.8) is 0 Å². The van der Waals surface area contributed by atoms with Crippen LogP contribution in [0.2, 0.25) is 0 Å². The van der Waals surface area contributed by atoms with Gasteiger partial charge in [0.15, 0.2) is 5.65 Å². The molecule has 2 aliphatic heterocycles. The quantitative estimate of drug-likeness (QED) is 0.387. The summed E-state index contributed by atoms with van der Waals surface area (Å²) in [5.74, 6) is -4.05. The van der Waals surface area contributed by atoms with Crippen LogP contribution in [0.3, 0.4) is 0 Å². The molecular formula is C30H37F3N6O3. The molecule has 12 heteroatoms. The molecule has 2 fully saturated rings. The van der Waals surface area contributed by atoms with Crippen LogP contribution < -0.4 is 10.2 Å². The minimum atomic E-state index is -3.80. The van der Waals surface area contributed by atoms with E-state index in [0.717, 1.165) is 38.7 Å². The maximum absolute atomic E-state index is 15.4. The third-order valence-corrected chi connectivity index (χ3v) is 7.73. The van der Waals surface area contributed by atoms with Crippen LogP contribution in [0.5, 0.6) is 0 Å². The zero-order chi connectivity index (χ0) is 30.8. The van der Waals surface area contributed by atoms with E-state index in [2.05, 4.69) is 25.2 Å². The second-order valence-electron chi connectivity index (χ2n) is 13.1. The van der Waals surface area contributed by atoms with E-state index in [1.54, 1.807) is 24.9 Å². The summed E-state index contributed by atoms with van der Waals surface area (Å²) in [7, 11) is 0. The molecule has 9 nitrogen and oxygen atoms in total. The van der Waals surface area contributed by atoms with E-state index >= 15 is 4.39 Å². The van der Waals surface area contributed by atoms with Crippen molar-refractivity contribution in [1.82, 2.24) is 19.9 Å². The number of hydrogen-bond donors (Lipinski definition) is 2. The number of aliphatic hydroxyl groups is 1. The summed E-state index contributed by atoms with van der Waals surface area (Å²) in [6, 6.07) is 4.92. The first-order chi connectivity index (χ1) is 19.4. The number of rotatable bonds is 6. The van der Waals surface area contributed by atoms with Crippen LogP contribution >= 0.6 is 0 Å². The third-order valence-electron chi connectivity index (χ3n) is 7.73. The lowest BCUT2D eigenvalue weighted by molar-refractivity contribution is -0.170. The summed E-state index contributed by atoms with van der Waals surface area (Å²) < 4.78 is 50.6. The Morgan fingerprint density at radius 3 is 2.40 bits per heavy atom. The van der Waals surface area contributed by atoms with Crippen molar-refractivity contribution in [1.29, 1.82) is 0 Å². The predicted octanol–water partition coefficient (Wildman–Crippen LogP) is 5.57. The lowest BCUT2D eigenvalue weighted by atomic mass is 9.73. The first-order valence-electron chi connectivity index (χ1n) is 13.9. The van der Waals surface area contributed by atoms with Gasteiger partial charge in [-0.1, -0.05) is 12.1 Å². The van der Waals surface area contributed by atoms with Crippen LogP contribution in [0.25, 0.3) is 11.0 Å². The van der Waals surface area contributed by atoms with Gasteiger partial charge >= 0.3 is 12.0 Å². The molecule has 2 saturated heterocycles. The van der Waals surface area contributed by atoms with Crippen molar-refractivity contribution >= 4 is 28.6 Å². The molecule has 5 rings (SSSR count). The number of likely N-dealkylation sites (tertiary alicyclic amines) is 1. The molecule has 1 amide bonds. The van der Waals surface area contributed by atoms with Crippen LogP contribution in [0.1, 0.15) is 64.5 Å². The molecule has 4 heterocycles.